The molecule has 1 saturated heterocycles. The number of piperidine rings is 1. The quantitative estimate of drug-likeness (QED) is 0.325. The zero-order chi connectivity index (χ0) is 23.8. The van der Waals surface area contributed by atoms with Crippen LogP contribution in [0.1, 0.15) is 36.5 Å². The molecule has 2 heterocycles. The molecule has 1 aliphatic rings. The minimum atomic E-state index is -0.722. The number of aromatic amines is 1. The van der Waals surface area contributed by atoms with Crippen LogP contribution in [-0.2, 0) is 11.2 Å². The van der Waals surface area contributed by atoms with Crippen molar-refractivity contribution in [1.29, 1.82) is 0 Å². The number of likely N-dealkylation sites (tertiary alicyclic amines) is 1. The topological polar surface area (TPSA) is 97.8 Å². The predicted molar refractivity (Wildman–Crippen MR) is 134 cm³/mol. The normalized spacial score (nSPS) is 16.1. The molecule has 1 aromatic heterocycles. The number of phenolic OH excluding ortho intramolecular Hbond substituents is 1. The van der Waals surface area contributed by atoms with E-state index in [0.717, 1.165) is 58.5 Å². The molecule has 4 rings (SSSR count). The van der Waals surface area contributed by atoms with Gasteiger partial charge in [0.1, 0.15) is 5.75 Å². The van der Waals surface area contributed by atoms with Crippen LogP contribution < -0.4 is 10.9 Å². The largest absolute Gasteiger partial charge is 0.506 e. The lowest BCUT2D eigenvalue weighted by Crippen LogP contribution is -2.44. The summed E-state index contributed by atoms with van der Waals surface area (Å²) in [5, 5.41) is 24.9. The lowest BCUT2D eigenvalue weighted by Gasteiger charge is -2.33. The number of aromatic hydroxyl groups is 1. The minimum absolute atomic E-state index is 0.00516. The number of phenols is 1. The van der Waals surface area contributed by atoms with Gasteiger partial charge in [0.25, 0.3) is 0 Å². The first-order valence-electron chi connectivity index (χ1n) is 12.2. The van der Waals surface area contributed by atoms with Crippen molar-refractivity contribution in [2.75, 3.05) is 39.4 Å². The van der Waals surface area contributed by atoms with Gasteiger partial charge in [-0.2, -0.15) is 0 Å². The van der Waals surface area contributed by atoms with Crippen molar-refractivity contribution < 1.29 is 14.9 Å². The summed E-state index contributed by atoms with van der Waals surface area (Å²) in [5.74, 6) is 0.00516. The summed E-state index contributed by atoms with van der Waals surface area (Å²) in [7, 11) is 0. The Labute approximate surface area is 200 Å². The number of H-pyrrole nitrogens is 1. The van der Waals surface area contributed by atoms with Crippen molar-refractivity contribution >= 4 is 10.9 Å². The molecule has 0 unspecified atom stereocenters. The number of hydrogen-bond donors (Lipinski definition) is 4. The van der Waals surface area contributed by atoms with Crippen LogP contribution in [0.5, 0.6) is 5.75 Å². The van der Waals surface area contributed by atoms with Gasteiger partial charge in [0.15, 0.2) is 0 Å². The number of hydrogen-bond acceptors (Lipinski definition) is 6. The van der Waals surface area contributed by atoms with Gasteiger partial charge >= 0.3 is 0 Å². The van der Waals surface area contributed by atoms with Gasteiger partial charge in [-0.1, -0.05) is 36.4 Å². The Morgan fingerprint density at radius 3 is 2.65 bits per heavy atom. The summed E-state index contributed by atoms with van der Waals surface area (Å²) in [6.07, 6.45) is 3.37. The smallest absolute Gasteiger partial charge is 0.248 e. The van der Waals surface area contributed by atoms with E-state index in [1.54, 1.807) is 12.1 Å². The summed E-state index contributed by atoms with van der Waals surface area (Å²) in [4.78, 5) is 16.7. The van der Waals surface area contributed by atoms with Gasteiger partial charge in [-0.05, 0) is 62.0 Å². The van der Waals surface area contributed by atoms with Crippen LogP contribution in [0.4, 0.5) is 0 Å². The number of rotatable bonds is 11. The lowest BCUT2D eigenvalue weighted by molar-refractivity contribution is 0.113. The maximum atomic E-state index is 11.6. The van der Waals surface area contributed by atoms with Crippen LogP contribution in [-0.4, -0.2) is 65.5 Å². The molecule has 0 amide bonds. The monoisotopic (exact) mass is 465 g/mol. The van der Waals surface area contributed by atoms with Gasteiger partial charge in [0.2, 0.25) is 5.56 Å². The molecule has 4 N–H and O–H groups in total. The average molecular weight is 466 g/mol. The van der Waals surface area contributed by atoms with Crippen molar-refractivity contribution in [3.05, 3.63) is 76.1 Å². The fourth-order valence-corrected chi connectivity index (χ4v) is 4.63. The van der Waals surface area contributed by atoms with Crippen LogP contribution >= 0.6 is 0 Å². The molecule has 34 heavy (non-hydrogen) atoms. The third-order valence-electron chi connectivity index (χ3n) is 6.59. The molecule has 182 valence electrons. The van der Waals surface area contributed by atoms with E-state index in [1.165, 1.54) is 17.7 Å². The summed E-state index contributed by atoms with van der Waals surface area (Å²) >= 11 is 0. The predicted octanol–water partition coefficient (Wildman–Crippen LogP) is 2.97. The second-order valence-corrected chi connectivity index (χ2v) is 9.03. The molecule has 0 spiro atoms. The van der Waals surface area contributed by atoms with E-state index in [-0.39, 0.29) is 11.3 Å². The van der Waals surface area contributed by atoms with Gasteiger partial charge in [0, 0.05) is 37.2 Å². The van der Waals surface area contributed by atoms with Crippen LogP contribution in [0.2, 0.25) is 0 Å². The molecule has 1 aliphatic heterocycles. The highest BCUT2D eigenvalue weighted by Gasteiger charge is 2.20. The third kappa shape index (κ3) is 6.67. The van der Waals surface area contributed by atoms with Crippen LogP contribution in [0.15, 0.2) is 59.4 Å². The van der Waals surface area contributed by atoms with Crippen LogP contribution in [0.3, 0.4) is 0 Å². The Balaban J connectivity index is 1.13. The van der Waals surface area contributed by atoms with Crippen molar-refractivity contribution in [3.8, 4) is 5.75 Å². The number of aliphatic hydroxyl groups excluding tert-OH is 1. The number of aliphatic hydroxyl groups is 1. The molecule has 1 fully saturated rings. The first kappa shape index (κ1) is 24.4. The van der Waals surface area contributed by atoms with Crippen molar-refractivity contribution in [1.82, 2.24) is 15.2 Å². The van der Waals surface area contributed by atoms with Gasteiger partial charge in [-0.3, -0.25) is 4.79 Å². The van der Waals surface area contributed by atoms with E-state index in [2.05, 4.69) is 39.5 Å². The number of nitrogens with zero attached hydrogens (tertiary/aromatic N) is 1. The zero-order valence-electron chi connectivity index (χ0n) is 19.6. The van der Waals surface area contributed by atoms with Gasteiger partial charge < -0.3 is 30.2 Å². The van der Waals surface area contributed by atoms with Crippen molar-refractivity contribution in [2.45, 2.75) is 37.8 Å². The van der Waals surface area contributed by atoms with E-state index in [0.29, 0.717) is 29.1 Å². The number of aromatic nitrogens is 1. The summed E-state index contributed by atoms with van der Waals surface area (Å²) in [5.41, 5.74) is 2.09. The second kappa shape index (κ2) is 12.1. The fourth-order valence-electron chi connectivity index (χ4n) is 4.63. The van der Waals surface area contributed by atoms with Crippen LogP contribution in [0, 0.1) is 0 Å². The summed E-state index contributed by atoms with van der Waals surface area (Å²) in [6.45, 7) is 5.13. The van der Waals surface area contributed by atoms with Crippen molar-refractivity contribution in [2.24, 2.45) is 0 Å². The second-order valence-electron chi connectivity index (χ2n) is 9.03. The number of fused-ring (bicyclic) bond motifs is 1. The Morgan fingerprint density at radius 1 is 1.06 bits per heavy atom. The highest BCUT2D eigenvalue weighted by Crippen LogP contribution is 2.28. The standard InChI is InChI=1S/C27H35N3O4/c31-24-9-7-22(23-8-10-26(33)29-27(23)24)25(32)19-28-21-11-15-30(16-12-21)14-4-17-34-18-13-20-5-2-1-3-6-20/h1-3,5-10,21,25,28,31-32H,4,11-19H2,(H,29,33)/t25-/m0/s1. The molecule has 2 aromatic carbocycles. The van der Waals surface area contributed by atoms with Gasteiger partial charge in [-0.15, -0.1) is 0 Å². The third-order valence-corrected chi connectivity index (χ3v) is 6.59. The average Bonchev–Trinajstić information content (AvgIpc) is 2.86. The molecule has 7 heteroatoms. The fraction of sp³-hybridized carbons (Fsp3) is 0.444. The number of nitrogens with one attached hydrogen (secondary N) is 2. The Hall–Kier alpha value is -2.71. The molecule has 3 aromatic rings. The molecule has 0 bridgehead atoms. The molecule has 0 saturated carbocycles. The molecule has 7 nitrogen and oxygen atoms in total. The van der Waals surface area contributed by atoms with E-state index in [1.807, 2.05) is 6.07 Å². The maximum Gasteiger partial charge on any atom is 0.248 e. The van der Waals surface area contributed by atoms with E-state index in [9.17, 15) is 15.0 Å². The number of pyridine rings is 1. The Morgan fingerprint density at radius 2 is 1.85 bits per heavy atom. The first-order valence-corrected chi connectivity index (χ1v) is 12.2. The zero-order valence-corrected chi connectivity index (χ0v) is 19.6. The van der Waals surface area contributed by atoms with E-state index < -0.39 is 6.10 Å². The van der Waals surface area contributed by atoms with Gasteiger partial charge in [0.05, 0.1) is 18.2 Å². The molecular formula is C27H35N3O4. The van der Waals surface area contributed by atoms with Crippen LogP contribution in [0.25, 0.3) is 10.9 Å². The van der Waals surface area contributed by atoms with E-state index in [4.69, 9.17) is 4.74 Å². The van der Waals surface area contributed by atoms with Gasteiger partial charge in [-0.25, -0.2) is 0 Å². The minimum Gasteiger partial charge on any atom is -0.506 e. The Kier molecular flexibility index (Phi) is 8.71. The first-order chi connectivity index (χ1) is 16.6. The molecule has 0 aliphatic carbocycles. The number of benzene rings is 2. The van der Waals surface area contributed by atoms with E-state index >= 15 is 0 Å². The summed E-state index contributed by atoms with van der Waals surface area (Å²) < 4.78 is 5.80. The summed E-state index contributed by atoms with van der Waals surface area (Å²) in [6, 6.07) is 17.1. The molecule has 0 radical (unpaired) electrons. The molecular weight excluding hydrogens is 430 g/mol. The SMILES string of the molecule is O=c1ccc2c([C@@H](O)CNC3CCN(CCCOCCc4ccccc4)CC3)ccc(O)c2[nH]1. The lowest BCUT2D eigenvalue weighted by atomic mass is 10.0. The number of ether oxygens (including phenoxy) is 1. The maximum absolute atomic E-state index is 11.6. The highest BCUT2D eigenvalue weighted by atomic mass is 16.5. The Bertz CT molecular complexity index is 1090. The van der Waals surface area contributed by atoms with Crippen molar-refractivity contribution in [3.63, 3.8) is 0 Å². The highest BCUT2D eigenvalue weighted by molar-refractivity contribution is 5.87. The molecule has 1 atom stereocenters.